The van der Waals surface area contributed by atoms with E-state index in [-0.39, 0.29) is 39.2 Å². The number of aryl methyl sites for hydroxylation is 1. The van der Waals surface area contributed by atoms with Crippen molar-refractivity contribution in [3.8, 4) is 5.75 Å². The Hall–Kier alpha value is -3.60. The van der Waals surface area contributed by atoms with E-state index in [0.29, 0.717) is 18.4 Å². The van der Waals surface area contributed by atoms with Gasteiger partial charge in [-0.05, 0) is 43.9 Å². The molecule has 0 spiro atoms. The summed E-state index contributed by atoms with van der Waals surface area (Å²) >= 11 is 0. The fourth-order valence-corrected chi connectivity index (χ4v) is 4.29. The number of likely N-dealkylation sites (N-methyl/N-ethyl adjacent to an activating group) is 2. The molecule has 1 N–H and O–H groups in total. The maximum Gasteiger partial charge on any atom is 0.312 e. The summed E-state index contributed by atoms with van der Waals surface area (Å²) in [7, 11) is 4.43. The van der Waals surface area contributed by atoms with Crippen LogP contribution in [0.25, 0.3) is 0 Å². The number of carbonyl (C=O) groups is 3. The first-order valence-corrected chi connectivity index (χ1v) is 11.7. The Labute approximate surface area is 215 Å². The molecule has 0 radical (unpaired) electrons. The normalized spacial score (nSPS) is 16.7. The SMILES string of the molecule is C.CCN(C(=O)C(=O)N(C)C)C1CCC(OC)Cn2c1nc(C(=O)CCc1ccc(F)cc1)c(O)c2=O. The van der Waals surface area contributed by atoms with Crippen LogP contribution >= 0.6 is 0 Å². The minimum absolute atomic E-state index is 0. The molecule has 2 heterocycles. The molecule has 0 saturated heterocycles. The highest BCUT2D eigenvalue weighted by Crippen LogP contribution is 2.30. The van der Waals surface area contributed by atoms with E-state index in [4.69, 9.17) is 4.74 Å². The van der Waals surface area contributed by atoms with Gasteiger partial charge in [0.05, 0.1) is 18.7 Å². The van der Waals surface area contributed by atoms with Crippen molar-refractivity contribution in [3.63, 3.8) is 0 Å². The summed E-state index contributed by atoms with van der Waals surface area (Å²) in [6, 6.07) is 4.88. The molecule has 1 aliphatic rings. The highest BCUT2D eigenvalue weighted by molar-refractivity contribution is 6.34. The first kappa shape index (κ1) is 29.6. The Balaban J connectivity index is 0.00000481. The molecule has 0 aliphatic carbocycles. The van der Waals surface area contributed by atoms with Crippen LogP contribution in [-0.2, 0) is 27.3 Å². The number of methoxy groups -OCH3 is 1. The zero-order valence-corrected chi connectivity index (χ0v) is 20.9. The summed E-state index contributed by atoms with van der Waals surface area (Å²) < 4.78 is 19.8. The van der Waals surface area contributed by atoms with Crippen molar-refractivity contribution in [3.05, 3.63) is 57.5 Å². The van der Waals surface area contributed by atoms with E-state index in [0.717, 1.165) is 0 Å². The molecule has 2 amide bonds. The van der Waals surface area contributed by atoms with Crippen molar-refractivity contribution in [1.29, 1.82) is 0 Å². The number of hydrogen-bond donors (Lipinski definition) is 1. The molecular formula is C26H35FN4O6. The number of fused-ring (bicyclic) bond motifs is 1. The average Bonchev–Trinajstić information content (AvgIpc) is 3.05. The molecule has 1 aromatic heterocycles. The van der Waals surface area contributed by atoms with Crippen LogP contribution in [0.5, 0.6) is 5.75 Å². The maximum atomic E-state index is 13.2. The largest absolute Gasteiger partial charge is 0.501 e. The summed E-state index contributed by atoms with van der Waals surface area (Å²) in [5.41, 5.74) is -0.500. The van der Waals surface area contributed by atoms with Gasteiger partial charge in [-0.1, -0.05) is 19.6 Å². The lowest BCUT2D eigenvalue weighted by molar-refractivity contribution is -0.152. The molecule has 0 bridgehead atoms. The zero-order chi connectivity index (χ0) is 26.6. The van der Waals surface area contributed by atoms with Crippen molar-refractivity contribution in [2.24, 2.45) is 0 Å². The Morgan fingerprint density at radius 3 is 2.38 bits per heavy atom. The van der Waals surface area contributed by atoms with Crippen molar-refractivity contribution in [2.75, 3.05) is 27.7 Å². The number of rotatable bonds is 7. The van der Waals surface area contributed by atoms with Gasteiger partial charge < -0.3 is 19.6 Å². The van der Waals surface area contributed by atoms with Crippen molar-refractivity contribution >= 4 is 17.6 Å². The van der Waals surface area contributed by atoms with Gasteiger partial charge >= 0.3 is 11.8 Å². The van der Waals surface area contributed by atoms with Gasteiger partial charge in [0.15, 0.2) is 11.5 Å². The molecule has 0 fully saturated rings. The maximum absolute atomic E-state index is 13.2. The molecule has 2 atom stereocenters. The van der Waals surface area contributed by atoms with Gasteiger partial charge in [0.2, 0.25) is 5.75 Å². The number of nitrogens with zero attached hydrogens (tertiary/aromatic N) is 4. The third-order valence-electron chi connectivity index (χ3n) is 6.34. The number of carbonyl (C=O) groups excluding carboxylic acids is 3. The lowest BCUT2D eigenvalue weighted by atomic mass is 10.0. The molecule has 202 valence electrons. The fraction of sp³-hybridized carbons (Fsp3) is 0.500. The first-order chi connectivity index (χ1) is 17.1. The Morgan fingerprint density at radius 1 is 1.16 bits per heavy atom. The van der Waals surface area contributed by atoms with Crippen molar-refractivity contribution < 1.29 is 28.6 Å². The lowest BCUT2D eigenvalue weighted by Crippen LogP contribution is -2.45. The molecule has 3 rings (SSSR count). The number of hydrogen-bond acceptors (Lipinski definition) is 7. The monoisotopic (exact) mass is 518 g/mol. The highest BCUT2D eigenvalue weighted by Gasteiger charge is 2.36. The number of halogens is 1. The smallest absolute Gasteiger partial charge is 0.312 e. The van der Waals surface area contributed by atoms with E-state index >= 15 is 0 Å². The third-order valence-corrected chi connectivity index (χ3v) is 6.34. The van der Waals surface area contributed by atoms with Crippen LogP contribution in [0.4, 0.5) is 4.39 Å². The van der Waals surface area contributed by atoms with Crippen molar-refractivity contribution in [1.82, 2.24) is 19.4 Å². The number of Topliss-reactive ketones (excluding diaryl/α,β-unsaturated/α-hetero) is 1. The van der Waals surface area contributed by atoms with Crippen LogP contribution in [0.15, 0.2) is 29.1 Å². The summed E-state index contributed by atoms with van der Waals surface area (Å²) in [5.74, 6) is -3.12. The molecule has 0 saturated carbocycles. The van der Waals surface area contributed by atoms with E-state index in [1.807, 2.05) is 0 Å². The number of aromatic nitrogens is 2. The molecule has 37 heavy (non-hydrogen) atoms. The second-order valence-electron chi connectivity index (χ2n) is 8.87. The Morgan fingerprint density at radius 2 is 1.81 bits per heavy atom. The molecule has 11 heteroatoms. The van der Waals surface area contributed by atoms with Crippen LogP contribution in [0, 0.1) is 5.82 Å². The molecule has 1 aromatic carbocycles. The number of benzene rings is 1. The Bertz CT molecular complexity index is 1190. The van der Waals surface area contributed by atoms with E-state index in [2.05, 4.69) is 4.98 Å². The molecule has 2 aromatic rings. The second-order valence-corrected chi connectivity index (χ2v) is 8.87. The average molecular weight is 519 g/mol. The molecular weight excluding hydrogens is 483 g/mol. The van der Waals surface area contributed by atoms with Crippen LogP contribution in [-0.4, -0.2) is 75.9 Å². The van der Waals surface area contributed by atoms with E-state index in [1.54, 1.807) is 19.1 Å². The van der Waals surface area contributed by atoms with E-state index in [1.165, 1.54) is 47.7 Å². The van der Waals surface area contributed by atoms with Gasteiger partial charge in [0.1, 0.15) is 11.6 Å². The van der Waals surface area contributed by atoms with E-state index < -0.39 is 52.6 Å². The summed E-state index contributed by atoms with van der Waals surface area (Å²) in [4.78, 5) is 58.5. The number of amides is 2. The number of ether oxygens (including phenoxy) is 1. The number of ketones is 1. The minimum atomic E-state index is -0.818. The third kappa shape index (κ3) is 6.40. The number of aromatic hydroxyl groups is 1. The predicted octanol–water partition coefficient (Wildman–Crippen LogP) is 2.33. The Kier molecular flexibility index (Phi) is 10.1. The lowest BCUT2D eigenvalue weighted by Gasteiger charge is -2.31. The van der Waals surface area contributed by atoms with Crippen LogP contribution in [0.2, 0.25) is 0 Å². The standard InChI is InChI=1S/C25H31FN4O6.CH4/c1-5-29(25(35)24(34)28(2)3)18-12-11-17(36-4)14-30-22(18)27-20(21(32)23(30)33)19(31)13-8-15-6-9-16(26)10-7-15;/h6-7,9-10,17-18,32H,5,8,11-14H2,1-4H3;1H4. The zero-order valence-electron chi connectivity index (χ0n) is 20.9. The molecule has 2 unspecified atom stereocenters. The van der Waals surface area contributed by atoms with Crippen molar-refractivity contribution in [2.45, 2.75) is 58.7 Å². The van der Waals surface area contributed by atoms with Crippen LogP contribution in [0.1, 0.15) is 61.5 Å². The van der Waals surface area contributed by atoms with Gasteiger partial charge in [-0.25, -0.2) is 9.37 Å². The topological polar surface area (TPSA) is 122 Å². The summed E-state index contributed by atoms with van der Waals surface area (Å²) in [6.45, 7) is 1.93. The first-order valence-electron chi connectivity index (χ1n) is 11.7. The van der Waals surface area contributed by atoms with Gasteiger partial charge in [-0.2, -0.15) is 0 Å². The minimum Gasteiger partial charge on any atom is -0.501 e. The van der Waals surface area contributed by atoms with Crippen LogP contribution < -0.4 is 5.56 Å². The molecule has 10 nitrogen and oxygen atoms in total. The summed E-state index contributed by atoms with van der Waals surface area (Å²) in [5, 5.41) is 10.6. The highest BCUT2D eigenvalue weighted by atomic mass is 19.1. The summed E-state index contributed by atoms with van der Waals surface area (Å²) in [6.07, 6.45) is 0.573. The quantitative estimate of drug-likeness (QED) is 0.441. The predicted molar refractivity (Wildman–Crippen MR) is 135 cm³/mol. The fourth-order valence-electron chi connectivity index (χ4n) is 4.29. The van der Waals surface area contributed by atoms with Gasteiger partial charge in [-0.3, -0.25) is 23.7 Å². The van der Waals surface area contributed by atoms with Gasteiger partial charge in [0, 0.05) is 34.2 Å². The van der Waals surface area contributed by atoms with Crippen LogP contribution in [0.3, 0.4) is 0 Å². The van der Waals surface area contributed by atoms with E-state index in [9.17, 15) is 28.7 Å². The van der Waals surface area contributed by atoms with Gasteiger partial charge in [-0.15, -0.1) is 0 Å². The molecule has 1 aliphatic heterocycles. The second kappa shape index (κ2) is 12.6. The van der Waals surface area contributed by atoms with Gasteiger partial charge in [0.25, 0.3) is 5.56 Å².